The van der Waals surface area contributed by atoms with Crippen LogP contribution in [0.15, 0.2) is 0 Å². The first-order valence-corrected chi connectivity index (χ1v) is 5.59. The van der Waals surface area contributed by atoms with Crippen LogP contribution in [0.4, 0.5) is 0 Å². The number of hydrogen-bond donors (Lipinski definition) is 1. The van der Waals surface area contributed by atoms with Gasteiger partial charge in [-0.3, -0.25) is 4.79 Å². The van der Waals surface area contributed by atoms with Crippen molar-refractivity contribution >= 4 is 5.97 Å². The average molecular weight is 200 g/mol. The van der Waals surface area contributed by atoms with E-state index in [1.165, 1.54) is 0 Å². The van der Waals surface area contributed by atoms with Crippen LogP contribution in [0, 0.1) is 11.3 Å². The van der Waals surface area contributed by atoms with Gasteiger partial charge in [-0.05, 0) is 24.7 Å². The molecule has 0 aliphatic carbocycles. The molecule has 0 rings (SSSR count). The molecule has 1 N–H and O–H groups in total. The lowest BCUT2D eigenvalue weighted by molar-refractivity contribution is -0.142. The van der Waals surface area contributed by atoms with Gasteiger partial charge in [-0.15, -0.1) is 0 Å². The second kappa shape index (κ2) is 6.05. The zero-order chi connectivity index (χ0) is 11.2. The number of carboxylic acids is 1. The highest BCUT2D eigenvalue weighted by atomic mass is 16.4. The molecule has 0 spiro atoms. The molecular formula is C12H24O2. The van der Waals surface area contributed by atoms with Gasteiger partial charge >= 0.3 is 5.97 Å². The van der Waals surface area contributed by atoms with E-state index >= 15 is 0 Å². The molecule has 2 heteroatoms. The van der Waals surface area contributed by atoms with E-state index in [0.717, 1.165) is 32.1 Å². The highest BCUT2D eigenvalue weighted by Gasteiger charge is 2.20. The second-order valence-corrected chi connectivity index (χ2v) is 5.28. The molecule has 1 unspecified atom stereocenters. The molecule has 1 atom stereocenters. The predicted molar refractivity (Wildman–Crippen MR) is 59.3 cm³/mol. The van der Waals surface area contributed by atoms with Gasteiger partial charge in [-0.2, -0.15) is 0 Å². The summed E-state index contributed by atoms with van der Waals surface area (Å²) in [5, 5.41) is 9.00. The van der Waals surface area contributed by atoms with E-state index in [0.29, 0.717) is 0 Å². The summed E-state index contributed by atoms with van der Waals surface area (Å²) in [6, 6.07) is 0. The molecule has 0 radical (unpaired) electrons. The van der Waals surface area contributed by atoms with Gasteiger partial charge in [0.05, 0.1) is 5.92 Å². The Bertz CT molecular complexity index is 168. The van der Waals surface area contributed by atoms with E-state index in [1.807, 2.05) is 0 Å². The van der Waals surface area contributed by atoms with Crippen molar-refractivity contribution < 1.29 is 9.90 Å². The summed E-state index contributed by atoms with van der Waals surface area (Å²) in [7, 11) is 0. The standard InChI is InChI=1S/C12H24O2/c1-5-6-7-10(11(13)14)8-9-12(2,3)4/h10H,5-9H2,1-4H3,(H,13,14). The Morgan fingerprint density at radius 1 is 1.29 bits per heavy atom. The summed E-state index contributed by atoms with van der Waals surface area (Å²) in [5.41, 5.74) is 0.250. The monoisotopic (exact) mass is 200 g/mol. The van der Waals surface area contributed by atoms with Gasteiger partial charge in [0.2, 0.25) is 0 Å². The summed E-state index contributed by atoms with van der Waals surface area (Å²) in [5.74, 6) is -0.753. The first kappa shape index (κ1) is 13.5. The topological polar surface area (TPSA) is 37.3 Å². The summed E-state index contributed by atoms with van der Waals surface area (Å²) in [4.78, 5) is 10.9. The third-order valence-corrected chi connectivity index (χ3v) is 2.50. The summed E-state index contributed by atoms with van der Waals surface area (Å²) >= 11 is 0. The van der Waals surface area contributed by atoms with Crippen LogP contribution in [0.5, 0.6) is 0 Å². The van der Waals surface area contributed by atoms with E-state index in [9.17, 15) is 4.79 Å². The fourth-order valence-corrected chi connectivity index (χ4v) is 1.45. The molecule has 0 fully saturated rings. The van der Waals surface area contributed by atoms with Crippen LogP contribution >= 0.6 is 0 Å². The summed E-state index contributed by atoms with van der Waals surface area (Å²) in [6.07, 6.45) is 4.76. The van der Waals surface area contributed by atoms with Crippen molar-refractivity contribution in [2.45, 2.75) is 59.8 Å². The van der Waals surface area contributed by atoms with Gasteiger partial charge in [-0.25, -0.2) is 0 Å². The smallest absolute Gasteiger partial charge is 0.306 e. The molecule has 0 aromatic heterocycles. The van der Waals surface area contributed by atoms with Crippen molar-refractivity contribution in [3.05, 3.63) is 0 Å². The summed E-state index contributed by atoms with van der Waals surface area (Å²) < 4.78 is 0. The van der Waals surface area contributed by atoms with Crippen LogP contribution < -0.4 is 0 Å². The number of aliphatic carboxylic acids is 1. The van der Waals surface area contributed by atoms with Crippen LogP contribution in [-0.2, 0) is 4.79 Å². The van der Waals surface area contributed by atoms with Gasteiger partial charge in [0.25, 0.3) is 0 Å². The maximum absolute atomic E-state index is 10.9. The molecule has 2 nitrogen and oxygen atoms in total. The van der Waals surface area contributed by atoms with Crippen LogP contribution in [0.3, 0.4) is 0 Å². The minimum absolute atomic E-state index is 0.130. The van der Waals surface area contributed by atoms with Gasteiger partial charge in [0.1, 0.15) is 0 Å². The Morgan fingerprint density at radius 2 is 1.86 bits per heavy atom. The Kier molecular flexibility index (Phi) is 5.82. The van der Waals surface area contributed by atoms with Crippen LogP contribution in [0.1, 0.15) is 59.8 Å². The van der Waals surface area contributed by atoms with E-state index < -0.39 is 5.97 Å². The Balaban J connectivity index is 3.91. The average Bonchev–Trinajstić information content (AvgIpc) is 2.01. The van der Waals surface area contributed by atoms with Crippen LogP contribution in [0.25, 0.3) is 0 Å². The minimum Gasteiger partial charge on any atom is -0.481 e. The third kappa shape index (κ3) is 6.93. The molecule has 0 heterocycles. The normalized spacial score (nSPS) is 14.0. The lowest BCUT2D eigenvalue weighted by Gasteiger charge is -2.20. The van der Waals surface area contributed by atoms with Crippen LogP contribution in [-0.4, -0.2) is 11.1 Å². The molecule has 14 heavy (non-hydrogen) atoms. The summed E-state index contributed by atoms with van der Waals surface area (Å²) in [6.45, 7) is 8.58. The maximum Gasteiger partial charge on any atom is 0.306 e. The second-order valence-electron chi connectivity index (χ2n) is 5.28. The molecule has 0 aromatic carbocycles. The maximum atomic E-state index is 10.9. The highest BCUT2D eigenvalue weighted by Crippen LogP contribution is 2.25. The van der Waals surface area contributed by atoms with Gasteiger partial charge in [0, 0.05) is 0 Å². The van der Waals surface area contributed by atoms with Crippen molar-refractivity contribution in [1.29, 1.82) is 0 Å². The van der Waals surface area contributed by atoms with E-state index in [2.05, 4.69) is 27.7 Å². The lowest BCUT2D eigenvalue weighted by Crippen LogP contribution is -2.17. The number of hydrogen-bond acceptors (Lipinski definition) is 1. The Labute approximate surface area is 87.7 Å². The minimum atomic E-state index is -0.622. The molecule has 0 aliphatic rings. The number of unbranched alkanes of at least 4 members (excludes halogenated alkanes) is 1. The van der Waals surface area contributed by atoms with Crippen molar-refractivity contribution in [1.82, 2.24) is 0 Å². The molecule has 0 saturated heterocycles. The van der Waals surface area contributed by atoms with Gasteiger partial charge in [0.15, 0.2) is 0 Å². The fourth-order valence-electron chi connectivity index (χ4n) is 1.45. The lowest BCUT2D eigenvalue weighted by atomic mass is 9.85. The number of carboxylic acid groups (broad SMARTS) is 1. The Hall–Kier alpha value is -0.530. The van der Waals surface area contributed by atoms with Crippen LogP contribution in [0.2, 0.25) is 0 Å². The molecular weight excluding hydrogens is 176 g/mol. The Morgan fingerprint density at radius 3 is 2.21 bits per heavy atom. The molecule has 0 saturated carbocycles. The van der Waals surface area contributed by atoms with E-state index in [1.54, 1.807) is 0 Å². The molecule has 0 aromatic rings. The highest BCUT2D eigenvalue weighted by molar-refractivity contribution is 5.69. The van der Waals surface area contributed by atoms with Gasteiger partial charge in [-0.1, -0.05) is 40.5 Å². The molecule has 0 aliphatic heterocycles. The first-order valence-electron chi connectivity index (χ1n) is 5.59. The molecule has 0 bridgehead atoms. The van der Waals surface area contributed by atoms with E-state index in [-0.39, 0.29) is 11.3 Å². The molecule has 84 valence electrons. The fraction of sp³-hybridized carbons (Fsp3) is 0.917. The zero-order valence-corrected chi connectivity index (χ0v) is 9.97. The number of rotatable bonds is 6. The largest absolute Gasteiger partial charge is 0.481 e. The van der Waals surface area contributed by atoms with E-state index in [4.69, 9.17) is 5.11 Å². The quantitative estimate of drug-likeness (QED) is 0.709. The van der Waals surface area contributed by atoms with Gasteiger partial charge < -0.3 is 5.11 Å². The molecule has 0 amide bonds. The predicted octanol–water partition coefficient (Wildman–Crippen LogP) is 3.70. The van der Waals surface area contributed by atoms with Crippen molar-refractivity contribution in [2.24, 2.45) is 11.3 Å². The van der Waals surface area contributed by atoms with Crippen molar-refractivity contribution in [3.8, 4) is 0 Å². The third-order valence-electron chi connectivity index (χ3n) is 2.50. The SMILES string of the molecule is CCCCC(CCC(C)(C)C)C(=O)O. The number of carbonyl (C=O) groups is 1. The van der Waals surface area contributed by atoms with Crippen molar-refractivity contribution in [2.75, 3.05) is 0 Å². The zero-order valence-electron chi connectivity index (χ0n) is 9.97. The van der Waals surface area contributed by atoms with Crippen molar-refractivity contribution in [3.63, 3.8) is 0 Å². The first-order chi connectivity index (χ1) is 6.37.